The lowest BCUT2D eigenvalue weighted by molar-refractivity contribution is -0.475. The van der Waals surface area contributed by atoms with Crippen molar-refractivity contribution in [1.82, 2.24) is 4.90 Å². The van der Waals surface area contributed by atoms with Gasteiger partial charge < -0.3 is 9.64 Å². The molecule has 120 valence electrons. The molecule has 0 saturated carbocycles. The van der Waals surface area contributed by atoms with Gasteiger partial charge in [-0.1, -0.05) is 4.70 Å². The van der Waals surface area contributed by atoms with E-state index in [0.717, 1.165) is 23.3 Å². The van der Waals surface area contributed by atoms with Crippen LogP contribution < -0.4 is 4.74 Å². The molecule has 4 nitrogen and oxygen atoms in total. The molecular formula is C19H24N3O+. The van der Waals surface area contributed by atoms with Crippen molar-refractivity contribution in [1.29, 1.82) is 0 Å². The first kappa shape index (κ1) is 13.7. The van der Waals surface area contributed by atoms with E-state index in [0.29, 0.717) is 6.04 Å². The molecule has 0 amide bonds. The fraction of sp³-hybridized carbons (Fsp3) is 0.579. The summed E-state index contributed by atoms with van der Waals surface area (Å²) in [7, 11) is 1.70. The van der Waals surface area contributed by atoms with Gasteiger partial charge in [-0.15, -0.1) is 0 Å². The molecule has 4 heteroatoms. The first-order valence-corrected chi connectivity index (χ1v) is 8.80. The van der Waals surface area contributed by atoms with Gasteiger partial charge in [-0.25, -0.2) is 0 Å². The molecule has 0 aliphatic carbocycles. The van der Waals surface area contributed by atoms with Crippen molar-refractivity contribution in [2.45, 2.75) is 31.3 Å². The lowest BCUT2D eigenvalue weighted by Gasteiger charge is -2.44. The third-order valence-corrected chi connectivity index (χ3v) is 6.61. The minimum atomic E-state index is 0.264. The number of nitrogens with zero attached hydrogens (tertiary/aromatic N) is 3. The molecule has 4 saturated heterocycles. The van der Waals surface area contributed by atoms with Gasteiger partial charge in [-0.3, -0.25) is 0 Å². The first-order valence-electron chi connectivity index (χ1n) is 8.80. The number of hydrogen-bond donors (Lipinski definition) is 0. The monoisotopic (exact) mass is 310 g/mol. The summed E-state index contributed by atoms with van der Waals surface area (Å²) in [5, 5.41) is 4.94. The van der Waals surface area contributed by atoms with E-state index in [1.165, 1.54) is 38.0 Å². The molecule has 5 aliphatic rings. The molecule has 4 fully saturated rings. The Morgan fingerprint density at radius 2 is 1.96 bits per heavy atom. The third-order valence-electron chi connectivity index (χ3n) is 6.61. The van der Waals surface area contributed by atoms with Crippen LogP contribution in [0.15, 0.2) is 35.5 Å². The first-order chi connectivity index (χ1) is 11.2. The van der Waals surface area contributed by atoms with Crippen LogP contribution in [-0.4, -0.2) is 47.9 Å². The number of rotatable bonds is 3. The van der Waals surface area contributed by atoms with E-state index in [9.17, 15) is 0 Å². The predicted octanol–water partition coefficient (Wildman–Crippen LogP) is 3.00. The number of benzene rings is 1. The topological polar surface area (TPSA) is 27.8 Å². The molecule has 6 rings (SSSR count). The Labute approximate surface area is 137 Å². The van der Waals surface area contributed by atoms with E-state index >= 15 is 0 Å². The van der Waals surface area contributed by atoms with Gasteiger partial charge in [-0.2, -0.15) is 0 Å². The maximum atomic E-state index is 5.24. The fourth-order valence-electron chi connectivity index (χ4n) is 5.05. The highest BCUT2D eigenvalue weighted by Gasteiger charge is 2.76. The van der Waals surface area contributed by atoms with Crippen LogP contribution in [0.25, 0.3) is 5.70 Å². The molecule has 0 radical (unpaired) electrons. The van der Waals surface area contributed by atoms with E-state index in [1.54, 1.807) is 7.11 Å². The van der Waals surface area contributed by atoms with Crippen LogP contribution in [-0.2, 0) is 0 Å². The largest absolute Gasteiger partial charge is 0.497 e. The average molecular weight is 310 g/mol. The molecule has 0 aromatic heterocycles. The minimum Gasteiger partial charge on any atom is -0.497 e. The van der Waals surface area contributed by atoms with Crippen molar-refractivity contribution in [3.63, 3.8) is 0 Å². The normalized spacial score (nSPS) is 40.4. The second kappa shape index (κ2) is 4.67. The van der Waals surface area contributed by atoms with Crippen molar-refractivity contribution in [2.24, 2.45) is 17.0 Å². The summed E-state index contributed by atoms with van der Waals surface area (Å²) in [6, 6.07) is 8.73. The Bertz CT molecular complexity index is 700. The quantitative estimate of drug-likeness (QED) is 0.634. The van der Waals surface area contributed by atoms with Gasteiger partial charge in [0.15, 0.2) is 0 Å². The summed E-state index contributed by atoms with van der Waals surface area (Å²) in [6.45, 7) is 6.32. The van der Waals surface area contributed by atoms with Gasteiger partial charge in [0.1, 0.15) is 11.4 Å². The van der Waals surface area contributed by atoms with Crippen LogP contribution in [0.3, 0.4) is 0 Å². The van der Waals surface area contributed by atoms with Gasteiger partial charge in [0.25, 0.3) is 11.6 Å². The second-order valence-electron chi connectivity index (χ2n) is 7.64. The van der Waals surface area contributed by atoms with E-state index in [4.69, 9.17) is 9.85 Å². The maximum absolute atomic E-state index is 5.24. The molecule has 2 bridgehead atoms. The van der Waals surface area contributed by atoms with Crippen molar-refractivity contribution in [3.05, 3.63) is 35.9 Å². The lowest BCUT2D eigenvalue weighted by atomic mass is 9.71. The van der Waals surface area contributed by atoms with Gasteiger partial charge in [0.2, 0.25) is 0 Å². The second-order valence-corrected chi connectivity index (χ2v) is 7.64. The number of hydrogen-bond acceptors (Lipinski definition) is 3. The number of ether oxygens (including phenoxy) is 1. The highest BCUT2D eigenvalue weighted by atomic mass is 16.5. The van der Waals surface area contributed by atoms with Gasteiger partial charge >= 0.3 is 0 Å². The van der Waals surface area contributed by atoms with E-state index in [-0.39, 0.29) is 5.54 Å². The summed E-state index contributed by atoms with van der Waals surface area (Å²) < 4.78 is 7.60. The fourth-order valence-corrected chi connectivity index (χ4v) is 5.05. The molecule has 23 heavy (non-hydrogen) atoms. The Kier molecular flexibility index (Phi) is 2.79. The Balaban J connectivity index is 1.37. The molecule has 5 heterocycles. The SMILES string of the molecule is COc1ccc(C2=CC3[N+](=N2)C3(C)C2CN3CCC2CC3)cc1. The van der Waals surface area contributed by atoms with E-state index in [2.05, 4.69) is 34.7 Å². The average Bonchev–Trinajstić information content (AvgIpc) is 2.99. The van der Waals surface area contributed by atoms with E-state index in [1.807, 2.05) is 12.1 Å². The van der Waals surface area contributed by atoms with Gasteiger partial charge in [0.05, 0.1) is 7.11 Å². The van der Waals surface area contributed by atoms with Crippen molar-refractivity contribution < 1.29 is 9.43 Å². The Hall–Kier alpha value is -1.68. The number of azo groups is 2. The Morgan fingerprint density at radius 1 is 1.22 bits per heavy atom. The molecule has 0 N–H and O–H groups in total. The van der Waals surface area contributed by atoms with Crippen molar-refractivity contribution in [2.75, 3.05) is 26.7 Å². The van der Waals surface area contributed by atoms with Crippen molar-refractivity contribution in [3.8, 4) is 5.75 Å². The predicted molar refractivity (Wildman–Crippen MR) is 88.5 cm³/mol. The molecule has 5 aliphatic heterocycles. The zero-order valence-electron chi connectivity index (χ0n) is 13.9. The molecule has 1 aromatic rings. The summed E-state index contributed by atoms with van der Waals surface area (Å²) in [4.78, 5) is 2.65. The highest BCUT2D eigenvalue weighted by Crippen LogP contribution is 2.54. The number of fused-ring (bicyclic) bond motifs is 4. The third kappa shape index (κ3) is 1.87. The van der Waals surface area contributed by atoms with Gasteiger partial charge in [0, 0.05) is 31.0 Å². The van der Waals surface area contributed by atoms with E-state index < -0.39 is 0 Å². The summed E-state index contributed by atoms with van der Waals surface area (Å²) >= 11 is 0. The van der Waals surface area contributed by atoms with Crippen LogP contribution in [0.4, 0.5) is 0 Å². The maximum Gasteiger partial charge on any atom is 0.265 e. The minimum absolute atomic E-state index is 0.264. The lowest BCUT2D eigenvalue weighted by Crippen LogP contribution is -2.52. The number of piperidine rings is 3. The van der Waals surface area contributed by atoms with Gasteiger partial charge in [-0.05, 0) is 61.2 Å². The molecule has 3 atom stereocenters. The smallest absolute Gasteiger partial charge is 0.265 e. The molecule has 0 spiro atoms. The van der Waals surface area contributed by atoms with Crippen molar-refractivity contribution >= 4 is 5.70 Å². The van der Waals surface area contributed by atoms with Crippen LogP contribution in [0.1, 0.15) is 25.3 Å². The van der Waals surface area contributed by atoms with Crippen LogP contribution in [0.2, 0.25) is 0 Å². The Morgan fingerprint density at radius 3 is 2.48 bits per heavy atom. The summed E-state index contributed by atoms with van der Waals surface area (Å²) in [6.07, 6.45) is 5.14. The van der Waals surface area contributed by atoms with Crippen LogP contribution in [0.5, 0.6) is 5.75 Å². The molecule has 1 aromatic carbocycles. The van der Waals surface area contributed by atoms with Crippen LogP contribution in [0, 0.1) is 11.8 Å². The highest BCUT2D eigenvalue weighted by molar-refractivity contribution is 5.66. The molecular weight excluding hydrogens is 286 g/mol. The zero-order valence-corrected chi connectivity index (χ0v) is 13.9. The summed E-state index contributed by atoms with van der Waals surface area (Å²) in [5.74, 6) is 2.59. The summed E-state index contributed by atoms with van der Waals surface area (Å²) in [5.41, 5.74) is 2.57. The zero-order chi connectivity index (χ0) is 15.6. The van der Waals surface area contributed by atoms with Crippen LogP contribution >= 0.6 is 0 Å². The number of methoxy groups -OCH3 is 1. The standard InChI is InChI=1S/C19H24N3O/c1-19(16-12-21-9-7-13(16)8-10-21)18-11-17(20-22(18)19)14-3-5-15(23-2)6-4-14/h3-6,11,13,16,18H,7-10,12H2,1-2H3/q+1. The molecule has 3 unspecified atom stereocenters.